The first-order valence-electron chi connectivity index (χ1n) is 10.6. The molecule has 1 aromatic rings. The van der Waals surface area contributed by atoms with Gasteiger partial charge in [-0.1, -0.05) is 25.5 Å². The van der Waals surface area contributed by atoms with Crippen molar-refractivity contribution < 1.29 is 24.2 Å². The number of phenols is 1. The fraction of sp³-hybridized carbons (Fsp3) is 0.542. The van der Waals surface area contributed by atoms with Gasteiger partial charge in [0.15, 0.2) is 11.5 Å². The van der Waals surface area contributed by atoms with Crippen molar-refractivity contribution in [1.82, 2.24) is 0 Å². The second-order valence-corrected chi connectivity index (χ2v) is 7.81. The quantitative estimate of drug-likeness (QED) is 0.482. The van der Waals surface area contributed by atoms with Gasteiger partial charge in [-0.15, -0.1) is 0 Å². The van der Waals surface area contributed by atoms with E-state index in [1.54, 1.807) is 18.2 Å². The lowest BCUT2D eigenvalue weighted by molar-refractivity contribution is -0.148. The zero-order chi connectivity index (χ0) is 21.9. The normalized spacial score (nSPS) is 14.8. The summed E-state index contributed by atoms with van der Waals surface area (Å²) in [6.45, 7) is 4.32. The van der Waals surface area contributed by atoms with E-state index in [0.717, 1.165) is 31.4 Å². The maximum Gasteiger partial charge on any atom is 0.302 e. The fourth-order valence-corrected chi connectivity index (χ4v) is 3.69. The van der Waals surface area contributed by atoms with Crippen molar-refractivity contribution in [2.45, 2.75) is 64.9 Å². The summed E-state index contributed by atoms with van der Waals surface area (Å²) < 4.78 is 10.5. The molecule has 6 nitrogen and oxygen atoms in total. The molecule has 0 saturated carbocycles. The summed E-state index contributed by atoms with van der Waals surface area (Å²) in [5.74, 6) is 0.665. The smallest absolute Gasteiger partial charge is 0.302 e. The first kappa shape index (κ1) is 23.6. The number of ether oxygens (including phenoxy) is 2. The summed E-state index contributed by atoms with van der Waals surface area (Å²) >= 11 is 0. The molecule has 2 atom stereocenters. The highest BCUT2D eigenvalue weighted by Gasteiger charge is 2.20. The molecule has 0 aliphatic carbocycles. The van der Waals surface area contributed by atoms with Gasteiger partial charge in [0.25, 0.3) is 0 Å². The standard InChI is InChI=1S/C24H33NO5/c1-4-18(13-20-11-12-25-16-20)6-9-22(30-17(2)26)15-21(27)8-5-19-7-10-23(28)24(14-19)29-3/h7,10-11,14,16,18,22,28H,4-6,8-9,12-13,15H2,1-3H3/t18-,22-/m1/s1. The number of aromatic hydroxyl groups is 1. The highest BCUT2D eigenvalue weighted by atomic mass is 16.5. The molecule has 0 amide bonds. The van der Waals surface area contributed by atoms with Crippen molar-refractivity contribution in [1.29, 1.82) is 0 Å². The number of ketones is 1. The molecule has 0 fully saturated rings. The average molecular weight is 416 g/mol. The van der Waals surface area contributed by atoms with Gasteiger partial charge >= 0.3 is 5.97 Å². The molecule has 1 aliphatic heterocycles. The van der Waals surface area contributed by atoms with Crippen LogP contribution < -0.4 is 4.74 Å². The molecule has 0 radical (unpaired) electrons. The van der Waals surface area contributed by atoms with Crippen molar-refractivity contribution in [3.63, 3.8) is 0 Å². The number of hydrogen-bond donors (Lipinski definition) is 1. The highest BCUT2D eigenvalue weighted by molar-refractivity contribution is 5.81. The Kier molecular flexibility index (Phi) is 9.58. The van der Waals surface area contributed by atoms with E-state index in [1.165, 1.54) is 19.6 Å². The maximum absolute atomic E-state index is 12.5. The van der Waals surface area contributed by atoms with Gasteiger partial charge in [0.1, 0.15) is 11.9 Å². The molecule has 0 unspecified atom stereocenters. The van der Waals surface area contributed by atoms with Crippen molar-refractivity contribution >= 4 is 18.0 Å². The number of hydrogen-bond acceptors (Lipinski definition) is 6. The molecule has 0 aromatic heterocycles. The molecule has 1 heterocycles. The van der Waals surface area contributed by atoms with E-state index in [-0.39, 0.29) is 30.0 Å². The van der Waals surface area contributed by atoms with Crippen LogP contribution in [0.3, 0.4) is 0 Å². The second kappa shape index (κ2) is 12.2. The summed E-state index contributed by atoms with van der Waals surface area (Å²) in [5.41, 5.74) is 2.19. The number of benzene rings is 1. The number of esters is 1. The molecular weight excluding hydrogens is 382 g/mol. The van der Waals surface area contributed by atoms with Crippen LogP contribution >= 0.6 is 0 Å². The minimum absolute atomic E-state index is 0.0620. The maximum atomic E-state index is 12.5. The molecule has 0 saturated heterocycles. The topological polar surface area (TPSA) is 85.2 Å². The van der Waals surface area contributed by atoms with Crippen LogP contribution in [0.25, 0.3) is 0 Å². The van der Waals surface area contributed by atoms with Gasteiger partial charge in [-0.3, -0.25) is 14.6 Å². The number of carbonyl (C=O) groups is 2. The van der Waals surface area contributed by atoms with Crippen molar-refractivity contribution in [3.05, 3.63) is 35.4 Å². The van der Waals surface area contributed by atoms with Gasteiger partial charge in [0.2, 0.25) is 0 Å². The zero-order valence-corrected chi connectivity index (χ0v) is 18.2. The van der Waals surface area contributed by atoms with E-state index in [9.17, 15) is 14.7 Å². The fourth-order valence-electron chi connectivity index (χ4n) is 3.69. The number of nitrogens with zero attached hydrogens (tertiary/aromatic N) is 1. The molecular formula is C24H33NO5. The molecule has 6 heteroatoms. The molecule has 1 aromatic carbocycles. The van der Waals surface area contributed by atoms with Gasteiger partial charge in [0.05, 0.1) is 13.7 Å². The van der Waals surface area contributed by atoms with Crippen LogP contribution in [0, 0.1) is 5.92 Å². The van der Waals surface area contributed by atoms with Crippen LogP contribution in [0.4, 0.5) is 0 Å². The Morgan fingerprint density at radius 1 is 1.27 bits per heavy atom. The molecule has 1 N–H and O–H groups in total. The summed E-state index contributed by atoms with van der Waals surface area (Å²) in [6.07, 6.45) is 8.43. The highest BCUT2D eigenvalue weighted by Crippen LogP contribution is 2.27. The van der Waals surface area contributed by atoms with Crippen LogP contribution in [0.2, 0.25) is 0 Å². The summed E-state index contributed by atoms with van der Waals surface area (Å²) in [7, 11) is 1.49. The Hall–Kier alpha value is -2.63. The molecule has 2 rings (SSSR count). The van der Waals surface area contributed by atoms with Crippen molar-refractivity contribution in [3.8, 4) is 11.5 Å². The number of Topliss-reactive ketones (excluding diaryl/α,β-unsaturated/α-hetero) is 1. The third-order valence-corrected chi connectivity index (χ3v) is 5.44. The van der Waals surface area contributed by atoms with Crippen LogP contribution in [0.1, 0.15) is 57.9 Å². The van der Waals surface area contributed by atoms with Crippen LogP contribution in [-0.2, 0) is 20.7 Å². The van der Waals surface area contributed by atoms with Crippen LogP contribution in [-0.4, -0.2) is 42.8 Å². The van der Waals surface area contributed by atoms with Gasteiger partial charge in [-0.2, -0.15) is 0 Å². The van der Waals surface area contributed by atoms with Gasteiger partial charge < -0.3 is 14.6 Å². The first-order chi connectivity index (χ1) is 14.4. The van der Waals surface area contributed by atoms with E-state index < -0.39 is 0 Å². The van der Waals surface area contributed by atoms with E-state index in [2.05, 4.69) is 18.0 Å². The largest absolute Gasteiger partial charge is 0.504 e. The Labute approximate surface area is 179 Å². The zero-order valence-electron chi connectivity index (χ0n) is 18.2. The number of phenolic OH excluding ortho intramolecular Hbond substituents is 1. The van der Waals surface area contributed by atoms with Crippen molar-refractivity contribution in [2.24, 2.45) is 10.9 Å². The van der Waals surface area contributed by atoms with Gasteiger partial charge in [0, 0.05) is 26.0 Å². The average Bonchev–Trinajstić information content (AvgIpc) is 3.23. The van der Waals surface area contributed by atoms with E-state index in [1.807, 2.05) is 6.21 Å². The third kappa shape index (κ3) is 8.01. The minimum atomic E-state index is -0.385. The van der Waals surface area contributed by atoms with Gasteiger partial charge in [-0.05, 0) is 54.9 Å². The second-order valence-electron chi connectivity index (χ2n) is 7.81. The first-order valence-corrected chi connectivity index (χ1v) is 10.6. The predicted molar refractivity (Wildman–Crippen MR) is 117 cm³/mol. The molecule has 30 heavy (non-hydrogen) atoms. The number of allylic oxidation sites excluding steroid dienone is 1. The summed E-state index contributed by atoms with van der Waals surface area (Å²) in [4.78, 5) is 28.3. The molecule has 0 bridgehead atoms. The minimum Gasteiger partial charge on any atom is -0.504 e. The molecule has 164 valence electrons. The third-order valence-electron chi connectivity index (χ3n) is 5.44. The van der Waals surface area contributed by atoms with E-state index in [4.69, 9.17) is 9.47 Å². The number of aliphatic imine (C=N–C) groups is 1. The number of methoxy groups -OCH3 is 1. The van der Waals surface area contributed by atoms with E-state index >= 15 is 0 Å². The Balaban J connectivity index is 1.85. The number of carbonyl (C=O) groups excluding carboxylic acids is 2. The molecule has 1 aliphatic rings. The lowest BCUT2D eigenvalue weighted by atomic mass is 9.90. The summed E-state index contributed by atoms with van der Waals surface area (Å²) in [6, 6.07) is 5.08. The predicted octanol–water partition coefficient (Wildman–Crippen LogP) is 4.43. The Morgan fingerprint density at radius 3 is 2.70 bits per heavy atom. The Morgan fingerprint density at radius 2 is 2.07 bits per heavy atom. The SMILES string of the molecule is CC[C@H](CC[C@H](CC(=O)CCc1ccc(O)c(OC)c1)OC(C)=O)CC1=CCN=C1. The molecule has 0 spiro atoms. The van der Waals surface area contributed by atoms with Crippen molar-refractivity contribution in [2.75, 3.05) is 13.7 Å². The Bertz CT molecular complexity index is 784. The van der Waals surface area contributed by atoms with E-state index in [0.29, 0.717) is 30.9 Å². The van der Waals surface area contributed by atoms with Gasteiger partial charge in [-0.25, -0.2) is 0 Å². The number of rotatable bonds is 13. The van der Waals surface area contributed by atoms with Crippen LogP contribution in [0.5, 0.6) is 11.5 Å². The lowest BCUT2D eigenvalue weighted by Gasteiger charge is -2.20. The monoisotopic (exact) mass is 415 g/mol. The summed E-state index contributed by atoms with van der Waals surface area (Å²) in [5, 5.41) is 9.68. The number of aryl methyl sites for hydroxylation is 1. The van der Waals surface area contributed by atoms with Crippen LogP contribution in [0.15, 0.2) is 34.8 Å². The lowest BCUT2D eigenvalue weighted by Crippen LogP contribution is -2.22.